The molecule has 1 N–H and O–H groups in total. The van der Waals surface area contributed by atoms with Crippen LogP contribution < -0.4 is 5.32 Å². The Bertz CT molecular complexity index is 541. The number of carbonyl (C=O) groups excluding carboxylic acids is 1. The molecule has 0 atom stereocenters. The van der Waals surface area contributed by atoms with Crippen LogP contribution in [0.3, 0.4) is 0 Å². The SMILES string of the molecule is Cc1c(C(=O)N2CCN(C(C)C)CC2)nnn1C1CCNCC1. The van der Waals surface area contributed by atoms with Gasteiger partial charge in [-0.25, -0.2) is 4.68 Å². The van der Waals surface area contributed by atoms with Gasteiger partial charge in [-0.1, -0.05) is 5.21 Å². The molecule has 2 saturated heterocycles. The molecule has 0 saturated carbocycles. The van der Waals surface area contributed by atoms with Crippen molar-refractivity contribution in [2.75, 3.05) is 39.3 Å². The predicted molar refractivity (Wildman–Crippen MR) is 88.5 cm³/mol. The second kappa shape index (κ2) is 6.97. The van der Waals surface area contributed by atoms with Crippen LogP contribution in [-0.4, -0.2) is 76.0 Å². The zero-order valence-electron chi connectivity index (χ0n) is 14.5. The van der Waals surface area contributed by atoms with Crippen molar-refractivity contribution in [2.24, 2.45) is 0 Å². The lowest BCUT2D eigenvalue weighted by Gasteiger charge is -2.36. The van der Waals surface area contributed by atoms with Crippen molar-refractivity contribution in [1.82, 2.24) is 30.1 Å². The van der Waals surface area contributed by atoms with Crippen LogP contribution in [0.25, 0.3) is 0 Å². The van der Waals surface area contributed by atoms with Gasteiger partial charge in [0.05, 0.1) is 11.7 Å². The Kier molecular flexibility index (Phi) is 4.96. The Hall–Kier alpha value is -1.47. The predicted octanol–water partition coefficient (Wildman–Crippen LogP) is 0.677. The molecule has 3 heterocycles. The fourth-order valence-electron chi connectivity index (χ4n) is 3.53. The first-order valence-corrected chi connectivity index (χ1v) is 8.73. The van der Waals surface area contributed by atoms with Crippen molar-refractivity contribution in [3.05, 3.63) is 11.4 Å². The van der Waals surface area contributed by atoms with Gasteiger partial charge in [-0.3, -0.25) is 9.69 Å². The molecule has 7 nitrogen and oxygen atoms in total. The summed E-state index contributed by atoms with van der Waals surface area (Å²) in [5.41, 5.74) is 1.44. The third-order valence-electron chi connectivity index (χ3n) is 5.12. The molecule has 2 fully saturated rings. The molecule has 23 heavy (non-hydrogen) atoms. The van der Waals surface area contributed by atoms with Gasteiger partial charge < -0.3 is 10.2 Å². The van der Waals surface area contributed by atoms with E-state index in [2.05, 4.69) is 34.4 Å². The number of nitrogens with one attached hydrogen (secondary N) is 1. The number of nitrogens with zero attached hydrogens (tertiary/aromatic N) is 5. The summed E-state index contributed by atoms with van der Waals surface area (Å²) in [7, 11) is 0. The van der Waals surface area contributed by atoms with Gasteiger partial charge in [0.25, 0.3) is 5.91 Å². The van der Waals surface area contributed by atoms with Gasteiger partial charge in [0.15, 0.2) is 5.69 Å². The maximum Gasteiger partial charge on any atom is 0.276 e. The molecular formula is C16H28N6O. The molecule has 0 unspecified atom stereocenters. The van der Waals surface area contributed by atoms with E-state index < -0.39 is 0 Å². The first kappa shape index (κ1) is 16.4. The van der Waals surface area contributed by atoms with Crippen molar-refractivity contribution >= 4 is 5.91 Å². The van der Waals surface area contributed by atoms with E-state index in [1.165, 1.54) is 0 Å². The van der Waals surface area contributed by atoms with Crippen molar-refractivity contribution in [1.29, 1.82) is 0 Å². The number of piperidine rings is 1. The third kappa shape index (κ3) is 3.40. The smallest absolute Gasteiger partial charge is 0.276 e. The Morgan fingerprint density at radius 1 is 1.17 bits per heavy atom. The summed E-state index contributed by atoms with van der Waals surface area (Å²) in [4.78, 5) is 17.1. The fourth-order valence-corrected chi connectivity index (χ4v) is 3.53. The Morgan fingerprint density at radius 3 is 2.43 bits per heavy atom. The minimum absolute atomic E-state index is 0.0334. The quantitative estimate of drug-likeness (QED) is 0.887. The van der Waals surface area contributed by atoms with E-state index in [1.54, 1.807) is 0 Å². The number of amides is 1. The normalized spacial score (nSPS) is 21.1. The molecule has 7 heteroatoms. The number of hydrogen-bond donors (Lipinski definition) is 1. The number of carbonyl (C=O) groups is 1. The van der Waals surface area contributed by atoms with Crippen LogP contribution in [0.2, 0.25) is 0 Å². The Morgan fingerprint density at radius 2 is 1.83 bits per heavy atom. The minimum Gasteiger partial charge on any atom is -0.335 e. The van der Waals surface area contributed by atoms with Gasteiger partial charge >= 0.3 is 0 Å². The van der Waals surface area contributed by atoms with Crippen LogP contribution in [0, 0.1) is 6.92 Å². The summed E-state index contributed by atoms with van der Waals surface area (Å²) in [6.45, 7) is 11.8. The number of piperazine rings is 1. The van der Waals surface area contributed by atoms with Gasteiger partial charge in [-0.2, -0.15) is 0 Å². The van der Waals surface area contributed by atoms with Crippen LogP contribution >= 0.6 is 0 Å². The fraction of sp³-hybridized carbons (Fsp3) is 0.812. The molecule has 1 aromatic heterocycles. The maximum absolute atomic E-state index is 12.8. The number of hydrogen-bond acceptors (Lipinski definition) is 5. The Labute approximate surface area is 138 Å². The monoisotopic (exact) mass is 320 g/mol. The summed E-state index contributed by atoms with van der Waals surface area (Å²) >= 11 is 0. The van der Waals surface area contributed by atoms with Gasteiger partial charge in [-0.05, 0) is 46.7 Å². The molecule has 1 aromatic rings. The van der Waals surface area contributed by atoms with Crippen molar-refractivity contribution in [3.8, 4) is 0 Å². The summed E-state index contributed by atoms with van der Waals surface area (Å²) in [5, 5.41) is 11.8. The maximum atomic E-state index is 12.8. The van der Waals surface area contributed by atoms with Crippen LogP contribution in [-0.2, 0) is 0 Å². The van der Waals surface area contributed by atoms with Gasteiger partial charge in [0, 0.05) is 32.2 Å². The van der Waals surface area contributed by atoms with Crippen LogP contribution in [0.4, 0.5) is 0 Å². The van der Waals surface area contributed by atoms with E-state index in [0.29, 0.717) is 17.8 Å². The molecule has 3 rings (SSSR count). The summed E-state index contributed by atoms with van der Waals surface area (Å²) in [6.07, 6.45) is 2.09. The van der Waals surface area contributed by atoms with Crippen LogP contribution in [0.5, 0.6) is 0 Å². The lowest BCUT2D eigenvalue weighted by Crippen LogP contribution is -2.50. The van der Waals surface area contributed by atoms with Crippen molar-refractivity contribution in [2.45, 2.75) is 45.7 Å². The third-order valence-corrected chi connectivity index (χ3v) is 5.12. The molecule has 0 aromatic carbocycles. The second-order valence-corrected chi connectivity index (χ2v) is 6.87. The van der Waals surface area contributed by atoms with Gasteiger partial charge in [-0.15, -0.1) is 5.10 Å². The summed E-state index contributed by atoms with van der Waals surface area (Å²) in [5.74, 6) is 0.0334. The molecule has 0 aliphatic carbocycles. The topological polar surface area (TPSA) is 66.3 Å². The van der Waals surface area contributed by atoms with E-state index >= 15 is 0 Å². The highest BCUT2D eigenvalue weighted by Gasteiger charge is 2.28. The van der Waals surface area contributed by atoms with E-state index in [1.807, 2.05) is 16.5 Å². The van der Waals surface area contributed by atoms with E-state index in [0.717, 1.165) is 57.8 Å². The number of aromatic nitrogens is 3. The molecule has 2 aliphatic heterocycles. The number of rotatable bonds is 3. The zero-order chi connectivity index (χ0) is 16.4. The molecule has 0 radical (unpaired) electrons. The standard InChI is InChI=1S/C16H28N6O/c1-12(2)20-8-10-21(11-9-20)16(23)15-13(3)22(19-18-15)14-4-6-17-7-5-14/h12,14,17H,4-11H2,1-3H3. The molecule has 0 bridgehead atoms. The highest BCUT2D eigenvalue weighted by Crippen LogP contribution is 2.21. The molecular weight excluding hydrogens is 292 g/mol. The van der Waals surface area contributed by atoms with Gasteiger partial charge in [0.1, 0.15) is 0 Å². The molecule has 128 valence electrons. The van der Waals surface area contributed by atoms with Gasteiger partial charge in [0.2, 0.25) is 0 Å². The summed E-state index contributed by atoms with van der Waals surface area (Å²) in [6, 6.07) is 0.901. The van der Waals surface area contributed by atoms with Crippen LogP contribution in [0.15, 0.2) is 0 Å². The Balaban J connectivity index is 1.67. The minimum atomic E-state index is 0.0334. The zero-order valence-corrected chi connectivity index (χ0v) is 14.5. The highest BCUT2D eigenvalue weighted by molar-refractivity contribution is 5.93. The van der Waals surface area contributed by atoms with E-state index in [9.17, 15) is 4.79 Å². The van der Waals surface area contributed by atoms with E-state index in [-0.39, 0.29) is 5.91 Å². The second-order valence-electron chi connectivity index (χ2n) is 6.87. The highest BCUT2D eigenvalue weighted by atomic mass is 16.2. The van der Waals surface area contributed by atoms with Crippen molar-refractivity contribution < 1.29 is 4.79 Å². The lowest BCUT2D eigenvalue weighted by atomic mass is 10.1. The average Bonchev–Trinajstić information content (AvgIpc) is 2.96. The first-order chi connectivity index (χ1) is 11.1. The van der Waals surface area contributed by atoms with E-state index in [4.69, 9.17) is 0 Å². The lowest BCUT2D eigenvalue weighted by molar-refractivity contribution is 0.0589. The van der Waals surface area contributed by atoms with Crippen molar-refractivity contribution in [3.63, 3.8) is 0 Å². The average molecular weight is 320 g/mol. The largest absolute Gasteiger partial charge is 0.335 e. The molecule has 1 amide bonds. The molecule has 2 aliphatic rings. The van der Waals surface area contributed by atoms with Crippen LogP contribution in [0.1, 0.15) is 48.9 Å². The first-order valence-electron chi connectivity index (χ1n) is 8.73. The molecule has 0 spiro atoms. The summed E-state index contributed by atoms with van der Waals surface area (Å²) < 4.78 is 1.96.